The van der Waals surface area contributed by atoms with Gasteiger partial charge in [0.05, 0.1) is 6.54 Å². The third-order valence-corrected chi connectivity index (χ3v) is 4.42. The predicted molar refractivity (Wildman–Crippen MR) is 101 cm³/mol. The topological polar surface area (TPSA) is 71.3 Å². The minimum absolute atomic E-state index is 0.134. The standard InChI is InChI=1S/C19H17BrN2O3/c1-11-9-13(20)7-8-15(11)22-17(23)10-21-19(24)18-12(2)14-5-3-4-6-16(14)25-18/h3-9H,10H2,1-2H3,(H,21,24)(H,22,23). The molecule has 0 radical (unpaired) electrons. The number of benzene rings is 2. The molecule has 5 nitrogen and oxygen atoms in total. The maximum atomic E-state index is 12.3. The Balaban J connectivity index is 1.65. The van der Waals surface area contributed by atoms with Crippen LogP contribution in [0.2, 0.25) is 0 Å². The van der Waals surface area contributed by atoms with Gasteiger partial charge in [0.25, 0.3) is 5.91 Å². The van der Waals surface area contributed by atoms with Gasteiger partial charge in [-0.25, -0.2) is 0 Å². The van der Waals surface area contributed by atoms with Crippen LogP contribution in [0.5, 0.6) is 0 Å². The van der Waals surface area contributed by atoms with Gasteiger partial charge in [0.1, 0.15) is 5.58 Å². The van der Waals surface area contributed by atoms with Gasteiger partial charge < -0.3 is 15.1 Å². The van der Waals surface area contributed by atoms with E-state index in [-0.39, 0.29) is 18.2 Å². The van der Waals surface area contributed by atoms with Crippen molar-refractivity contribution in [3.63, 3.8) is 0 Å². The number of para-hydroxylation sites is 1. The number of hydrogen-bond donors (Lipinski definition) is 2. The summed E-state index contributed by atoms with van der Waals surface area (Å²) in [5.41, 5.74) is 3.06. The van der Waals surface area contributed by atoms with E-state index < -0.39 is 5.91 Å². The van der Waals surface area contributed by atoms with Crippen molar-refractivity contribution in [2.75, 3.05) is 11.9 Å². The number of aryl methyl sites for hydroxylation is 2. The lowest BCUT2D eigenvalue weighted by Crippen LogP contribution is -2.33. The molecule has 2 amide bonds. The van der Waals surface area contributed by atoms with Crippen molar-refractivity contribution < 1.29 is 14.0 Å². The highest BCUT2D eigenvalue weighted by atomic mass is 79.9. The van der Waals surface area contributed by atoms with E-state index in [9.17, 15) is 9.59 Å². The molecule has 0 aliphatic carbocycles. The van der Waals surface area contributed by atoms with Gasteiger partial charge in [-0.3, -0.25) is 9.59 Å². The highest BCUT2D eigenvalue weighted by Gasteiger charge is 2.18. The maximum absolute atomic E-state index is 12.3. The third-order valence-electron chi connectivity index (χ3n) is 3.92. The summed E-state index contributed by atoms with van der Waals surface area (Å²) in [4.78, 5) is 24.4. The minimum Gasteiger partial charge on any atom is -0.451 e. The lowest BCUT2D eigenvalue weighted by molar-refractivity contribution is -0.115. The normalized spacial score (nSPS) is 10.7. The summed E-state index contributed by atoms with van der Waals surface area (Å²) < 4.78 is 6.54. The van der Waals surface area contributed by atoms with Crippen molar-refractivity contribution in [1.82, 2.24) is 5.32 Å². The monoisotopic (exact) mass is 400 g/mol. The molecule has 3 aromatic rings. The summed E-state index contributed by atoms with van der Waals surface area (Å²) in [7, 11) is 0. The van der Waals surface area contributed by atoms with Crippen LogP contribution in [0.1, 0.15) is 21.7 Å². The average molecular weight is 401 g/mol. The molecule has 0 aliphatic heterocycles. The molecule has 2 aromatic carbocycles. The van der Waals surface area contributed by atoms with Crippen LogP contribution in [0, 0.1) is 13.8 Å². The van der Waals surface area contributed by atoms with Gasteiger partial charge in [-0.15, -0.1) is 0 Å². The predicted octanol–water partition coefficient (Wildman–Crippen LogP) is 4.18. The van der Waals surface area contributed by atoms with E-state index in [1.807, 2.05) is 56.3 Å². The molecule has 0 bridgehead atoms. The molecular weight excluding hydrogens is 384 g/mol. The van der Waals surface area contributed by atoms with Crippen LogP contribution < -0.4 is 10.6 Å². The highest BCUT2D eigenvalue weighted by molar-refractivity contribution is 9.10. The van der Waals surface area contributed by atoms with Gasteiger partial charge in [-0.2, -0.15) is 0 Å². The Kier molecular flexibility index (Phi) is 4.90. The van der Waals surface area contributed by atoms with E-state index >= 15 is 0 Å². The van der Waals surface area contributed by atoms with Crippen molar-refractivity contribution in [1.29, 1.82) is 0 Å². The van der Waals surface area contributed by atoms with E-state index in [2.05, 4.69) is 26.6 Å². The van der Waals surface area contributed by atoms with Crippen molar-refractivity contribution >= 4 is 44.4 Å². The quantitative estimate of drug-likeness (QED) is 0.689. The first-order chi connectivity index (χ1) is 12.0. The zero-order valence-electron chi connectivity index (χ0n) is 13.9. The Labute approximate surface area is 153 Å². The summed E-state index contributed by atoms with van der Waals surface area (Å²) in [6, 6.07) is 13.0. The van der Waals surface area contributed by atoms with Gasteiger partial charge >= 0.3 is 0 Å². The summed E-state index contributed by atoms with van der Waals surface area (Å²) in [5, 5.41) is 6.27. The third kappa shape index (κ3) is 3.74. The molecule has 0 unspecified atom stereocenters. The summed E-state index contributed by atoms with van der Waals surface area (Å²) in [5.74, 6) is -0.474. The second-order valence-corrected chi connectivity index (χ2v) is 6.66. The average Bonchev–Trinajstić information content (AvgIpc) is 2.93. The zero-order chi connectivity index (χ0) is 18.0. The molecule has 25 heavy (non-hydrogen) atoms. The van der Waals surface area contributed by atoms with Crippen molar-refractivity contribution in [2.24, 2.45) is 0 Å². The number of rotatable bonds is 4. The van der Waals surface area contributed by atoms with Crippen LogP contribution in [0.25, 0.3) is 11.0 Å². The molecule has 0 saturated carbocycles. The smallest absolute Gasteiger partial charge is 0.287 e. The molecule has 0 aliphatic rings. The fourth-order valence-electron chi connectivity index (χ4n) is 2.59. The Bertz CT molecular complexity index is 962. The van der Waals surface area contributed by atoms with Gasteiger partial charge in [0.2, 0.25) is 5.91 Å². The first kappa shape index (κ1) is 17.2. The Morgan fingerprint density at radius 1 is 1.12 bits per heavy atom. The summed E-state index contributed by atoms with van der Waals surface area (Å²) in [6.45, 7) is 3.59. The number of anilines is 1. The largest absolute Gasteiger partial charge is 0.451 e. The Morgan fingerprint density at radius 3 is 2.60 bits per heavy atom. The van der Waals surface area contributed by atoms with E-state index in [4.69, 9.17) is 4.42 Å². The number of hydrogen-bond acceptors (Lipinski definition) is 3. The number of furan rings is 1. The number of nitrogens with one attached hydrogen (secondary N) is 2. The van der Waals surface area contributed by atoms with Crippen molar-refractivity contribution in [2.45, 2.75) is 13.8 Å². The second-order valence-electron chi connectivity index (χ2n) is 5.74. The Hall–Kier alpha value is -2.60. The van der Waals surface area contributed by atoms with Crippen LogP contribution in [-0.4, -0.2) is 18.4 Å². The van der Waals surface area contributed by atoms with Crippen molar-refractivity contribution in [3.05, 3.63) is 63.8 Å². The fourth-order valence-corrected chi connectivity index (χ4v) is 3.07. The summed E-state index contributed by atoms with van der Waals surface area (Å²) in [6.07, 6.45) is 0. The molecular formula is C19H17BrN2O3. The van der Waals surface area contributed by atoms with E-state index in [0.29, 0.717) is 11.3 Å². The van der Waals surface area contributed by atoms with Crippen LogP contribution in [0.4, 0.5) is 5.69 Å². The number of carbonyl (C=O) groups excluding carboxylic acids is 2. The molecule has 0 fully saturated rings. The van der Waals surface area contributed by atoms with Gasteiger partial charge in [0.15, 0.2) is 5.76 Å². The molecule has 0 atom stereocenters. The van der Waals surface area contributed by atoms with E-state index in [1.54, 1.807) is 0 Å². The van der Waals surface area contributed by atoms with Crippen LogP contribution in [-0.2, 0) is 4.79 Å². The number of fused-ring (bicyclic) bond motifs is 1. The molecule has 0 saturated heterocycles. The molecule has 6 heteroatoms. The zero-order valence-corrected chi connectivity index (χ0v) is 15.4. The van der Waals surface area contributed by atoms with E-state index in [1.165, 1.54) is 0 Å². The van der Waals surface area contributed by atoms with Crippen LogP contribution >= 0.6 is 15.9 Å². The van der Waals surface area contributed by atoms with Crippen molar-refractivity contribution in [3.8, 4) is 0 Å². The van der Waals surface area contributed by atoms with E-state index in [0.717, 1.165) is 21.0 Å². The molecule has 1 aromatic heterocycles. The lowest BCUT2D eigenvalue weighted by Gasteiger charge is -2.09. The molecule has 3 rings (SSSR count). The van der Waals surface area contributed by atoms with Crippen LogP contribution in [0.3, 0.4) is 0 Å². The molecule has 128 valence electrons. The second kappa shape index (κ2) is 7.11. The van der Waals surface area contributed by atoms with Crippen LogP contribution in [0.15, 0.2) is 51.4 Å². The molecule has 0 spiro atoms. The number of halogens is 1. The maximum Gasteiger partial charge on any atom is 0.287 e. The number of carbonyl (C=O) groups is 2. The highest BCUT2D eigenvalue weighted by Crippen LogP contribution is 2.24. The Morgan fingerprint density at radius 2 is 1.88 bits per heavy atom. The first-order valence-electron chi connectivity index (χ1n) is 7.78. The summed E-state index contributed by atoms with van der Waals surface area (Å²) >= 11 is 3.38. The lowest BCUT2D eigenvalue weighted by atomic mass is 10.1. The first-order valence-corrected chi connectivity index (χ1v) is 8.57. The minimum atomic E-state index is -0.406. The molecule has 2 N–H and O–H groups in total. The molecule has 1 heterocycles. The van der Waals surface area contributed by atoms with Gasteiger partial charge in [-0.05, 0) is 43.7 Å². The van der Waals surface area contributed by atoms with Gasteiger partial charge in [-0.1, -0.05) is 34.1 Å². The SMILES string of the molecule is Cc1cc(Br)ccc1NC(=O)CNC(=O)c1oc2ccccc2c1C. The number of amides is 2. The van der Waals surface area contributed by atoms with Gasteiger partial charge in [0, 0.05) is 21.1 Å². The fraction of sp³-hybridized carbons (Fsp3) is 0.158.